The van der Waals surface area contributed by atoms with Crippen molar-refractivity contribution in [3.05, 3.63) is 40.1 Å². The summed E-state index contributed by atoms with van der Waals surface area (Å²) in [5.74, 6) is -0.389. The molecule has 0 spiro atoms. The number of para-hydroxylation sites is 1. The Bertz CT molecular complexity index is 510. The van der Waals surface area contributed by atoms with E-state index < -0.39 is 0 Å². The van der Waals surface area contributed by atoms with Crippen molar-refractivity contribution < 1.29 is 4.39 Å². The van der Waals surface area contributed by atoms with Crippen LogP contribution in [-0.4, -0.2) is 11.5 Å². The summed E-state index contributed by atoms with van der Waals surface area (Å²) in [4.78, 5) is 4.36. The van der Waals surface area contributed by atoms with Crippen molar-refractivity contribution >= 4 is 22.7 Å². The highest BCUT2D eigenvalue weighted by atomic mass is 32.1. The van der Waals surface area contributed by atoms with E-state index in [9.17, 15) is 4.39 Å². The number of anilines is 2. The highest BCUT2D eigenvalue weighted by molar-refractivity contribution is 7.09. The van der Waals surface area contributed by atoms with Gasteiger partial charge in [-0.05, 0) is 19.1 Å². The van der Waals surface area contributed by atoms with Gasteiger partial charge in [-0.2, -0.15) is 0 Å². The molecule has 0 radical (unpaired) electrons. The first-order valence-electron chi connectivity index (χ1n) is 5.35. The highest BCUT2D eigenvalue weighted by Crippen LogP contribution is 2.21. The maximum absolute atomic E-state index is 13.2. The maximum Gasteiger partial charge on any atom is 0.148 e. The van der Waals surface area contributed by atoms with Crippen LogP contribution in [0.15, 0.2) is 23.6 Å². The van der Waals surface area contributed by atoms with Crippen LogP contribution in [0.25, 0.3) is 0 Å². The Morgan fingerprint density at radius 2 is 2.29 bits per heavy atom. The zero-order chi connectivity index (χ0) is 12.3. The lowest BCUT2D eigenvalue weighted by atomic mass is 10.2. The SMILES string of the molecule is Cc1csc(CCNc2cccc(F)c2N)n1. The normalized spacial score (nSPS) is 10.5. The number of nitrogens with two attached hydrogens (primary N) is 1. The molecule has 17 heavy (non-hydrogen) atoms. The maximum atomic E-state index is 13.2. The molecule has 1 heterocycles. The number of benzene rings is 1. The van der Waals surface area contributed by atoms with Crippen LogP contribution < -0.4 is 11.1 Å². The molecule has 0 amide bonds. The summed E-state index contributed by atoms with van der Waals surface area (Å²) in [5.41, 5.74) is 7.46. The average molecular weight is 251 g/mol. The van der Waals surface area contributed by atoms with Gasteiger partial charge in [-0.15, -0.1) is 11.3 Å². The largest absolute Gasteiger partial charge is 0.395 e. The van der Waals surface area contributed by atoms with E-state index in [1.165, 1.54) is 6.07 Å². The smallest absolute Gasteiger partial charge is 0.148 e. The Morgan fingerprint density at radius 1 is 1.47 bits per heavy atom. The molecule has 0 aliphatic heterocycles. The molecule has 2 aromatic rings. The Balaban J connectivity index is 1.92. The van der Waals surface area contributed by atoms with Crippen LogP contribution in [0.5, 0.6) is 0 Å². The second kappa shape index (κ2) is 5.14. The highest BCUT2D eigenvalue weighted by Gasteiger charge is 2.04. The quantitative estimate of drug-likeness (QED) is 0.821. The Labute approximate surface area is 103 Å². The van der Waals surface area contributed by atoms with E-state index in [1.54, 1.807) is 23.5 Å². The third-order valence-corrected chi connectivity index (χ3v) is 3.40. The van der Waals surface area contributed by atoms with Gasteiger partial charge in [0.2, 0.25) is 0 Å². The van der Waals surface area contributed by atoms with Gasteiger partial charge >= 0.3 is 0 Å². The second-order valence-electron chi connectivity index (χ2n) is 3.76. The van der Waals surface area contributed by atoms with Crippen LogP contribution in [0.2, 0.25) is 0 Å². The van der Waals surface area contributed by atoms with Gasteiger partial charge in [0.15, 0.2) is 0 Å². The molecule has 0 unspecified atom stereocenters. The molecule has 0 saturated carbocycles. The number of hydrogen-bond donors (Lipinski definition) is 2. The summed E-state index contributed by atoms with van der Waals surface area (Å²) >= 11 is 1.64. The number of nitrogen functional groups attached to an aromatic ring is 1. The molecule has 0 atom stereocenters. The molecule has 5 heteroatoms. The third-order valence-electron chi connectivity index (χ3n) is 2.37. The molecule has 0 aliphatic rings. The number of nitrogens with one attached hydrogen (secondary N) is 1. The monoisotopic (exact) mass is 251 g/mol. The second-order valence-corrected chi connectivity index (χ2v) is 4.70. The number of rotatable bonds is 4. The van der Waals surface area contributed by atoms with Gasteiger partial charge < -0.3 is 11.1 Å². The van der Waals surface area contributed by atoms with Gasteiger partial charge in [0.05, 0.1) is 16.4 Å². The zero-order valence-corrected chi connectivity index (χ0v) is 10.4. The molecule has 3 nitrogen and oxygen atoms in total. The van der Waals surface area contributed by atoms with Crippen LogP contribution in [0.3, 0.4) is 0 Å². The fourth-order valence-corrected chi connectivity index (χ4v) is 2.29. The van der Waals surface area contributed by atoms with Crippen molar-refractivity contribution in [1.82, 2.24) is 4.98 Å². The van der Waals surface area contributed by atoms with Crippen LogP contribution in [0, 0.1) is 12.7 Å². The lowest BCUT2D eigenvalue weighted by Gasteiger charge is -2.08. The van der Waals surface area contributed by atoms with Crippen molar-refractivity contribution in [2.45, 2.75) is 13.3 Å². The number of nitrogens with zero attached hydrogens (tertiary/aromatic N) is 1. The molecule has 3 N–H and O–H groups in total. The fraction of sp³-hybridized carbons (Fsp3) is 0.250. The van der Waals surface area contributed by atoms with E-state index in [-0.39, 0.29) is 11.5 Å². The first-order valence-corrected chi connectivity index (χ1v) is 6.23. The van der Waals surface area contributed by atoms with Gasteiger partial charge in [0.1, 0.15) is 5.82 Å². The number of aryl methyl sites for hydroxylation is 1. The van der Waals surface area contributed by atoms with E-state index in [2.05, 4.69) is 10.3 Å². The van der Waals surface area contributed by atoms with Crippen LogP contribution in [0.1, 0.15) is 10.7 Å². The number of thiazole rings is 1. The van der Waals surface area contributed by atoms with Gasteiger partial charge in [-0.25, -0.2) is 9.37 Å². The summed E-state index contributed by atoms with van der Waals surface area (Å²) in [6, 6.07) is 4.76. The minimum atomic E-state index is -0.389. The standard InChI is InChI=1S/C12H14FN3S/c1-8-7-17-11(16-8)5-6-15-10-4-2-3-9(13)12(10)14/h2-4,7,15H,5-6,14H2,1H3. The summed E-state index contributed by atoms with van der Waals surface area (Å²) in [6.07, 6.45) is 0.814. The summed E-state index contributed by atoms with van der Waals surface area (Å²) in [7, 11) is 0. The van der Waals surface area contributed by atoms with Crippen LogP contribution >= 0.6 is 11.3 Å². The summed E-state index contributed by atoms with van der Waals surface area (Å²) in [6.45, 7) is 2.67. The van der Waals surface area contributed by atoms with Gasteiger partial charge in [-0.3, -0.25) is 0 Å². The van der Waals surface area contributed by atoms with E-state index in [0.717, 1.165) is 17.1 Å². The molecule has 1 aromatic carbocycles. The average Bonchev–Trinajstić information content (AvgIpc) is 2.70. The van der Waals surface area contributed by atoms with Crippen molar-refractivity contribution in [2.24, 2.45) is 0 Å². The predicted octanol–water partition coefficient (Wildman–Crippen LogP) is 2.83. The lowest BCUT2D eigenvalue weighted by Crippen LogP contribution is -2.07. The first kappa shape index (κ1) is 11.9. The molecule has 0 aliphatic carbocycles. The lowest BCUT2D eigenvalue weighted by molar-refractivity contribution is 0.633. The topological polar surface area (TPSA) is 50.9 Å². The van der Waals surface area contributed by atoms with Crippen molar-refractivity contribution in [2.75, 3.05) is 17.6 Å². The van der Waals surface area contributed by atoms with Gasteiger partial charge in [0, 0.05) is 24.0 Å². The fourth-order valence-electron chi connectivity index (χ4n) is 1.51. The van der Waals surface area contributed by atoms with E-state index in [4.69, 9.17) is 5.73 Å². The summed E-state index contributed by atoms with van der Waals surface area (Å²) in [5, 5.41) is 6.21. The van der Waals surface area contributed by atoms with Crippen molar-refractivity contribution in [3.8, 4) is 0 Å². The van der Waals surface area contributed by atoms with E-state index >= 15 is 0 Å². The van der Waals surface area contributed by atoms with Crippen LogP contribution in [0.4, 0.5) is 15.8 Å². The van der Waals surface area contributed by atoms with E-state index in [0.29, 0.717) is 12.2 Å². The molecule has 2 rings (SSSR count). The number of hydrogen-bond acceptors (Lipinski definition) is 4. The van der Waals surface area contributed by atoms with Crippen LogP contribution in [-0.2, 0) is 6.42 Å². The Morgan fingerprint density at radius 3 is 3.00 bits per heavy atom. The van der Waals surface area contributed by atoms with E-state index in [1.807, 2.05) is 12.3 Å². The van der Waals surface area contributed by atoms with Gasteiger partial charge in [0.25, 0.3) is 0 Å². The molecule has 1 aromatic heterocycles. The molecule has 0 fully saturated rings. The first-order chi connectivity index (χ1) is 8.16. The summed E-state index contributed by atoms with van der Waals surface area (Å²) < 4.78 is 13.2. The molecule has 0 bridgehead atoms. The molecular weight excluding hydrogens is 237 g/mol. The predicted molar refractivity (Wildman–Crippen MR) is 69.9 cm³/mol. The molecule has 0 saturated heterocycles. The van der Waals surface area contributed by atoms with Gasteiger partial charge in [-0.1, -0.05) is 6.07 Å². The van der Waals surface area contributed by atoms with Crippen molar-refractivity contribution in [3.63, 3.8) is 0 Å². The minimum Gasteiger partial charge on any atom is -0.395 e. The van der Waals surface area contributed by atoms with Crippen molar-refractivity contribution in [1.29, 1.82) is 0 Å². The zero-order valence-electron chi connectivity index (χ0n) is 9.53. The minimum absolute atomic E-state index is 0.169. The third kappa shape index (κ3) is 2.94. The molecule has 90 valence electrons. The Kier molecular flexibility index (Phi) is 3.58. The molecular formula is C12H14FN3S. The number of aromatic nitrogens is 1. The Hall–Kier alpha value is -1.62. The number of halogens is 1.